The summed E-state index contributed by atoms with van der Waals surface area (Å²) in [7, 11) is 3.05. The maximum atomic E-state index is 12.6. The van der Waals surface area contributed by atoms with Crippen LogP contribution in [0.1, 0.15) is 18.9 Å². The van der Waals surface area contributed by atoms with E-state index in [-0.39, 0.29) is 24.8 Å². The highest BCUT2D eigenvalue weighted by molar-refractivity contribution is 5.90. The summed E-state index contributed by atoms with van der Waals surface area (Å²) in [5.74, 6) is 0.114. The van der Waals surface area contributed by atoms with Gasteiger partial charge < -0.3 is 19.4 Å². The van der Waals surface area contributed by atoms with Gasteiger partial charge in [0.05, 0.1) is 20.1 Å². The summed E-state index contributed by atoms with van der Waals surface area (Å²) >= 11 is 0. The zero-order chi connectivity index (χ0) is 18.4. The summed E-state index contributed by atoms with van der Waals surface area (Å²) < 4.78 is 10.3. The Hall–Kier alpha value is -2.83. The Kier molecular flexibility index (Phi) is 6.16. The number of likely N-dealkylation sites (N-methyl/N-ethyl adjacent to an activating group) is 1. The Bertz CT molecular complexity index is 828. The molecule has 0 spiro atoms. The van der Waals surface area contributed by atoms with Gasteiger partial charge in [0.25, 0.3) is 0 Å². The number of amides is 2. The molecule has 0 atom stereocenters. The average molecular weight is 346 g/mol. The summed E-state index contributed by atoms with van der Waals surface area (Å²) in [6.45, 7) is 2.40. The number of hydrogen-bond acceptors (Lipinski definition) is 5. The molecule has 25 heavy (non-hydrogen) atoms. The van der Waals surface area contributed by atoms with Gasteiger partial charge in [-0.2, -0.15) is 0 Å². The molecule has 2 aromatic rings. The Labute approximate surface area is 145 Å². The second-order valence-corrected chi connectivity index (χ2v) is 5.62. The van der Waals surface area contributed by atoms with Crippen molar-refractivity contribution in [3.05, 3.63) is 40.2 Å². The molecular formula is C18H22N2O5. The summed E-state index contributed by atoms with van der Waals surface area (Å²) in [5.41, 5.74) is 0.400. The number of fused-ring (bicyclic) bond motifs is 1. The Morgan fingerprint density at radius 2 is 2.04 bits per heavy atom. The topological polar surface area (TPSA) is 88.9 Å². The van der Waals surface area contributed by atoms with Gasteiger partial charge in [-0.25, -0.2) is 4.79 Å². The predicted octanol–water partition coefficient (Wildman–Crippen LogP) is 1.33. The Balaban J connectivity index is 2.32. The molecule has 0 saturated heterocycles. The van der Waals surface area contributed by atoms with Crippen molar-refractivity contribution < 1.29 is 18.7 Å². The van der Waals surface area contributed by atoms with Crippen molar-refractivity contribution in [3.8, 4) is 5.75 Å². The molecule has 0 aliphatic heterocycles. The zero-order valence-electron chi connectivity index (χ0n) is 14.6. The van der Waals surface area contributed by atoms with Crippen LogP contribution in [0.3, 0.4) is 0 Å². The van der Waals surface area contributed by atoms with Crippen LogP contribution in [-0.2, 0) is 16.0 Å². The first-order chi connectivity index (χ1) is 12.0. The molecule has 7 nitrogen and oxygen atoms in total. The van der Waals surface area contributed by atoms with Crippen LogP contribution < -0.4 is 15.7 Å². The highest BCUT2D eigenvalue weighted by Crippen LogP contribution is 2.23. The van der Waals surface area contributed by atoms with Crippen LogP contribution in [0.4, 0.5) is 0 Å². The van der Waals surface area contributed by atoms with Crippen molar-refractivity contribution in [2.75, 3.05) is 27.2 Å². The molecule has 7 heteroatoms. The van der Waals surface area contributed by atoms with Crippen molar-refractivity contribution in [2.24, 2.45) is 0 Å². The molecule has 0 aliphatic carbocycles. The van der Waals surface area contributed by atoms with Crippen LogP contribution in [0.2, 0.25) is 0 Å². The minimum absolute atomic E-state index is 0.00360. The van der Waals surface area contributed by atoms with Crippen LogP contribution in [0, 0.1) is 0 Å². The average Bonchev–Trinajstić information content (AvgIpc) is 2.60. The van der Waals surface area contributed by atoms with Crippen molar-refractivity contribution in [2.45, 2.75) is 19.8 Å². The fourth-order valence-electron chi connectivity index (χ4n) is 2.57. The molecular weight excluding hydrogens is 324 g/mol. The van der Waals surface area contributed by atoms with Crippen molar-refractivity contribution in [1.82, 2.24) is 10.2 Å². The number of rotatable bonds is 7. The number of benzene rings is 1. The first kappa shape index (κ1) is 18.5. The molecule has 0 fully saturated rings. The number of nitrogens with zero attached hydrogens (tertiary/aromatic N) is 1. The molecule has 0 bridgehead atoms. The third-order valence-electron chi connectivity index (χ3n) is 3.84. The molecule has 1 aromatic carbocycles. The van der Waals surface area contributed by atoms with Crippen LogP contribution in [0.25, 0.3) is 11.0 Å². The number of ether oxygens (including phenoxy) is 1. The van der Waals surface area contributed by atoms with Crippen molar-refractivity contribution >= 4 is 22.8 Å². The summed E-state index contributed by atoms with van der Waals surface area (Å²) in [4.78, 5) is 37.5. The van der Waals surface area contributed by atoms with E-state index in [1.165, 1.54) is 25.1 Å². The molecule has 2 amide bonds. The third kappa shape index (κ3) is 4.59. The maximum absolute atomic E-state index is 12.6. The lowest BCUT2D eigenvalue weighted by Crippen LogP contribution is -2.40. The van der Waals surface area contributed by atoms with Gasteiger partial charge in [0.15, 0.2) is 0 Å². The SMILES string of the molecule is CCCN(CC(=O)NC)C(=O)Cc1cc(=O)oc2cc(OC)ccc12. The largest absolute Gasteiger partial charge is 0.497 e. The Morgan fingerprint density at radius 1 is 1.28 bits per heavy atom. The van der Waals surface area contributed by atoms with Crippen LogP contribution >= 0.6 is 0 Å². The second-order valence-electron chi connectivity index (χ2n) is 5.62. The fraction of sp³-hybridized carbons (Fsp3) is 0.389. The highest BCUT2D eigenvalue weighted by Gasteiger charge is 2.18. The fourth-order valence-corrected chi connectivity index (χ4v) is 2.57. The number of hydrogen-bond donors (Lipinski definition) is 1. The third-order valence-corrected chi connectivity index (χ3v) is 3.84. The molecule has 0 saturated carbocycles. The van der Waals surface area contributed by atoms with Gasteiger partial charge in [0.1, 0.15) is 11.3 Å². The van der Waals surface area contributed by atoms with E-state index in [0.717, 1.165) is 6.42 Å². The van der Waals surface area contributed by atoms with Gasteiger partial charge in [-0.3, -0.25) is 9.59 Å². The number of carbonyl (C=O) groups is 2. The smallest absolute Gasteiger partial charge is 0.336 e. The molecule has 0 unspecified atom stereocenters. The van der Waals surface area contributed by atoms with Gasteiger partial charge in [-0.15, -0.1) is 0 Å². The van der Waals surface area contributed by atoms with Crippen molar-refractivity contribution in [1.29, 1.82) is 0 Å². The monoisotopic (exact) mass is 346 g/mol. The number of nitrogens with one attached hydrogen (secondary N) is 1. The summed E-state index contributed by atoms with van der Waals surface area (Å²) in [6.07, 6.45) is 0.753. The highest BCUT2D eigenvalue weighted by atomic mass is 16.5. The van der Waals surface area contributed by atoms with E-state index in [4.69, 9.17) is 9.15 Å². The van der Waals surface area contributed by atoms with Crippen LogP contribution in [0.15, 0.2) is 33.5 Å². The molecule has 1 aromatic heterocycles. The second kappa shape index (κ2) is 8.32. The minimum Gasteiger partial charge on any atom is -0.497 e. The predicted molar refractivity (Wildman–Crippen MR) is 93.7 cm³/mol. The normalized spacial score (nSPS) is 10.5. The molecule has 1 N–H and O–H groups in total. The van der Waals surface area contributed by atoms with E-state index in [0.29, 0.717) is 28.8 Å². The number of carbonyl (C=O) groups excluding carboxylic acids is 2. The van der Waals surface area contributed by atoms with Gasteiger partial charge in [0, 0.05) is 31.1 Å². The summed E-state index contributed by atoms with van der Waals surface area (Å²) in [5, 5.41) is 3.18. The van der Waals surface area contributed by atoms with E-state index in [2.05, 4.69) is 5.32 Å². The lowest BCUT2D eigenvalue weighted by atomic mass is 10.1. The first-order valence-electron chi connectivity index (χ1n) is 8.07. The molecule has 1 heterocycles. The first-order valence-corrected chi connectivity index (χ1v) is 8.07. The molecule has 2 rings (SSSR count). The maximum Gasteiger partial charge on any atom is 0.336 e. The molecule has 134 valence electrons. The van der Waals surface area contributed by atoms with E-state index in [1.54, 1.807) is 18.2 Å². The quantitative estimate of drug-likeness (QED) is 0.764. The lowest BCUT2D eigenvalue weighted by molar-refractivity contribution is -0.135. The number of methoxy groups -OCH3 is 1. The minimum atomic E-state index is -0.531. The van der Waals surface area contributed by atoms with Gasteiger partial charge in [-0.05, 0) is 24.1 Å². The van der Waals surface area contributed by atoms with E-state index >= 15 is 0 Å². The van der Waals surface area contributed by atoms with Gasteiger partial charge in [-0.1, -0.05) is 6.92 Å². The lowest BCUT2D eigenvalue weighted by Gasteiger charge is -2.21. The standard InChI is InChI=1S/C18H22N2O5/c1-4-7-20(11-16(21)19-2)17(22)8-12-9-18(23)25-15-10-13(24-3)5-6-14(12)15/h5-6,9-10H,4,7-8,11H2,1-3H3,(H,19,21). The van der Waals surface area contributed by atoms with Crippen LogP contribution in [0.5, 0.6) is 5.75 Å². The Morgan fingerprint density at radius 3 is 2.68 bits per heavy atom. The van der Waals surface area contributed by atoms with E-state index in [9.17, 15) is 14.4 Å². The molecule has 0 radical (unpaired) electrons. The van der Waals surface area contributed by atoms with Crippen molar-refractivity contribution in [3.63, 3.8) is 0 Å². The molecule has 0 aliphatic rings. The van der Waals surface area contributed by atoms with E-state index in [1.807, 2.05) is 6.92 Å². The van der Waals surface area contributed by atoms with Crippen LogP contribution in [-0.4, -0.2) is 44.0 Å². The van der Waals surface area contributed by atoms with E-state index < -0.39 is 5.63 Å². The van der Waals surface area contributed by atoms with Gasteiger partial charge >= 0.3 is 5.63 Å². The van der Waals surface area contributed by atoms with Gasteiger partial charge in [0.2, 0.25) is 11.8 Å². The zero-order valence-corrected chi connectivity index (χ0v) is 14.6. The summed E-state index contributed by atoms with van der Waals surface area (Å²) in [6, 6.07) is 6.42.